The summed E-state index contributed by atoms with van der Waals surface area (Å²) >= 11 is 0. The van der Waals surface area contributed by atoms with Crippen molar-refractivity contribution in [2.24, 2.45) is 0 Å². The first-order valence-corrected chi connectivity index (χ1v) is 5.65. The molecule has 0 aliphatic carbocycles. The van der Waals surface area contributed by atoms with Crippen molar-refractivity contribution in [3.63, 3.8) is 0 Å². The number of rotatable bonds is 3. The zero-order valence-corrected chi connectivity index (χ0v) is 8.66. The van der Waals surface area contributed by atoms with Gasteiger partial charge in [-0.05, 0) is 31.0 Å². The van der Waals surface area contributed by atoms with E-state index in [0.29, 0.717) is 0 Å². The monoisotopic (exact) mass is 212 g/mol. The summed E-state index contributed by atoms with van der Waals surface area (Å²) in [7, 11) is -4.06. The molecule has 0 radical (unpaired) electrons. The van der Waals surface area contributed by atoms with Gasteiger partial charge in [0.25, 0.3) is 10.1 Å². The molecule has 1 rings (SSSR count). The second-order valence-corrected chi connectivity index (χ2v) is 4.31. The highest BCUT2D eigenvalue weighted by Crippen LogP contribution is 2.10. The molecule has 14 heavy (non-hydrogen) atoms. The Morgan fingerprint density at radius 3 is 2.29 bits per heavy atom. The van der Waals surface area contributed by atoms with Crippen molar-refractivity contribution >= 4 is 10.1 Å². The largest absolute Gasteiger partial charge is 0.294 e. The van der Waals surface area contributed by atoms with Crippen molar-refractivity contribution in [1.29, 1.82) is 0 Å². The number of benzene rings is 1. The van der Waals surface area contributed by atoms with Gasteiger partial charge in [0.15, 0.2) is 0 Å². The third-order valence-corrected chi connectivity index (χ3v) is 2.68. The minimum atomic E-state index is -4.06. The fourth-order valence-electron chi connectivity index (χ4n) is 1.05. The van der Waals surface area contributed by atoms with Crippen molar-refractivity contribution in [3.8, 4) is 0 Å². The highest BCUT2D eigenvalue weighted by Gasteiger charge is 2.07. The van der Waals surface area contributed by atoms with Gasteiger partial charge in [-0.1, -0.05) is 24.3 Å². The van der Waals surface area contributed by atoms with Crippen molar-refractivity contribution < 1.29 is 13.0 Å². The molecule has 0 amide bonds. The van der Waals surface area contributed by atoms with Gasteiger partial charge < -0.3 is 0 Å². The molecule has 3 nitrogen and oxygen atoms in total. The maximum Gasteiger partial charge on any atom is 0.294 e. The molecule has 0 atom stereocenters. The summed E-state index contributed by atoms with van der Waals surface area (Å²) in [5, 5.41) is 0. The normalized spacial score (nSPS) is 12.1. The highest BCUT2D eigenvalue weighted by atomic mass is 32.2. The lowest BCUT2D eigenvalue weighted by atomic mass is 10.1. The molecule has 0 unspecified atom stereocenters. The van der Waals surface area contributed by atoms with Crippen molar-refractivity contribution in [2.75, 3.05) is 0 Å². The summed E-state index contributed by atoms with van der Waals surface area (Å²) in [5.74, 6) is 0. The van der Waals surface area contributed by atoms with E-state index < -0.39 is 10.1 Å². The number of hydrogen-bond acceptors (Lipinski definition) is 2. The Hall–Kier alpha value is -1.13. The Morgan fingerprint density at radius 2 is 1.86 bits per heavy atom. The van der Waals surface area contributed by atoms with Crippen LogP contribution in [-0.4, -0.2) is 13.0 Å². The van der Waals surface area contributed by atoms with E-state index in [0.717, 1.165) is 12.0 Å². The molecule has 0 spiro atoms. The molecule has 0 saturated carbocycles. The minimum absolute atomic E-state index is 0.0678. The van der Waals surface area contributed by atoms with E-state index in [1.54, 1.807) is 12.1 Å². The Kier molecular flexibility index (Phi) is 3.43. The van der Waals surface area contributed by atoms with Gasteiger partial charge in [-0.25, -0.2) is 0 Å². The Morgan fingerprint density at radius 1 is 1.29 bits per heavy atom. The lowest BCUT2D eigenvalue weighted by Crippen LogP contribution is -1.97. The maximum atomic E-state index is 10.7. The standard InChI is InChI=1S/C10H12O3S/c1-2-3-4-9-5-7-10(8-6-9)14(11,12)13/h2-3,5-8H,4H2,1H3,(H,11,12,13). The van der Waals surface area contributed by atoms with E-state index in [2.05, 4.69) is 0 Å². The fraction of sp³-hybridized carbons (Fsp3) is 0.200. The first-order valence-electron chi connectivity index (χ1n) is 4.21. The van der Waals surface area contributed by atoms with Gasteiger partial charge in [0.05, 0.1) is 4.90 Å². The van der Waals surface area contributed by atoms with E-state index in [1.165, 1.54) is 12.1 Å². The third-order valence-electron chi connectivity index (χ3n) is 1.81. The molecule has 1 N–H and O–H groups in total. The van der Waals surface area contributed by atoms with E-state index in [9.17, 15) is 8.42 Å². The molecular weight excluding hydrogens is 200 g/mol. The van der Waals surface area contributed by atoms with Crippen LogP contribution < -0.4 is 0 Å². The first kappa shape index (κ1) is 10.9. The lowest BCUT2D eigenvalue weighted by molar-refractivity contribution is 0.483. The number of hydrogen-bond donors (Lipinski definition) is 1. The van der Waals surface area contributed by atoms with Crippen LogP contribution in [0.4, 0.5) is 0 Å². The van der Waals surface area contributed by atoms with Crippen LogP contribution in [-0.2, 0) is 16.5 Å². The first-order chi connectivity index (χ1) is 6.54. The smallest absolute Gasteiger partial charge is 0.282 e. The zero-order valence-electron chi connectivity index (χ0n) is 7.84. The average Bonchev–Trinajstić information content (AvgIpc) is 2.14. The van der Waals surface area contributed by atoms with E-state index in [1.807, 2.05) is 19.1 Å². The quantitative estimate of drug-likeness (QED) is 0.616. The highest BCUT2D eigenvalue weighted by molar-refractivity contribution is 7.85. The van der Waals surface area contributed by atoms with Crippen LogP contribution in [0.3, 0.4) is 0 Å². The maximum absolute atomic E-state index is 10.7. The molecule has 0 aliphatic rings. The fourth-order valence-corrected chi connectivity index (χ4v) is 1.53. The molecule has 0 heterocycles. The van der Waals surface area contributed by atoms with Gasteiger partial charge in [0.2, 0.25) is 0 Å². The Bertz CT molecular complexity index is 415. The van der Waals surface area contributed by atoms with Crippen LogP contribution >= 0.6 is 0 Å². The molecule has 0 saturated heterocycles. The molecule has 1 aromatic rings. The summed E-state index contributed by atoms with van der Waals surface area (Å²) in [5.41, 5.74) is 1.01. The van der Waals surface area contributed by atoms with E-state index >= 15 is 0 Å². The third kappa shape index (κ3) is 2.97. The Balaban J connectivity index is 2.89. The van der Waals surface area contributed by atoms with Crippen molar-refractivity contribution in [1.82, 2.24) is 0 Å². The molecule has 0 bridgehead atoms. The molecular formula is C10H12O3S. The van der Waals surface area contributed by atoms with E-state index in [-0.39, 0.29) is 4.90 Å². The lowest BCUT2D eigenvalue weighted by Gasteiger charge is -1.98. The predicted molar refractivity (Wildman–Crippen MR) is 54.8 cm³/mol. The van der Waals surface area contributed by atoms with Gasteiger partial charge in [0, 0.05) is 0 Å². The second-order valence-electron chi connectivity index (χ2n) is 2.89. The van der Waals surface area contributed by atoms with Crippen LogP contribution in [0.2, 0.25) is 0 Å². The van der Waals surface area contributed by atoms with Gasteiger partial charge in [-0.2, -0.15) is 8.42 Å². The molecule has 1 aromatic carbocycles. The Labute approximate surface area is 83.8 Å². The summed E-state index contributed by atoms with van der Waals surface area (Å²) < 4.78 is 30.1. The summed E-state index contributed by atoms with van der Waals surface area (Å²) in [6.07, 6.45) is 4.67. The molecule has 0 fully saturated rings. The van der Waals surface area contributed by atoms with Crippen LogP contribution in [0.1, 0.15) is 12.5 Å². The topological polar surface area (TPSA) is 54.4 Å². The predicted octanol–water partition coefficient (Wildman–Crippen LogP) is 2.05. The van der Waals surface area contributed by atoms with Crippen LogP contribution in [0.15, 0.2) is 41.3 Å². The zero-order chi connectivity index (χ0) is 10.6. The average molecular weight is 212 g/mol. The summed E-state index contributed by atoms with van der Waals surface area (Å²) in [6, 6.07) is 6.16. The minimum Gasteiger partial charge on any atom is -0.282 e. The molecule has 76 valence electrons. The molecule has 4 heteroatoms. The molecule has 0 aliphatic heterocycles. The van der Waals surface area contributed by atoms with Crippen molar-refractivity contribution in [3.05, 3.63) is 42.0 Å². The van der Waals surface area contributed by atoms with E-state index in [4.69, 9.17) is 4.55 Å². The summed E-state index contributed by atoms with van der Waals surface area (Å²) in [4.78, 5) is -0.0678. The van der Waals surface area contributed by atoms with Crippen molar-refractivity contribution in [2.45, 2.75) is 18.2 Å². The second kappa shape index (κ2) is 4.39. The molecule has 0 aromatic heterocycles. The van der Waals surface area contributed by atoms with Gasteiger partial charge >= 0.3 is 0 Å². The van der Waals surface area contributed by atoms with Crippen LogP contribution in [0.25, 0.3) is 0 Å². The number of allylic oxidation sites excluding steroid dienone is 2. The van der Waals surface area contributed by atoms with Gasteiger partial charge in [-0.3, -0.25) is 4.55 Å². The van der Waals surface area contributed by atoms with Gasteiger partial charge in [0.1, 0.15) is 0 Å². The summed E-state index contributed by atoms with van der Waals surface area (Å²) in [6.45, 7) is 1.92. The van der Waals surface area contributed by atoms with Crippen LogP contribution in [0.5, 0.6) is 0 Å². The van der Waals surface area contributed by atoms with Crippen LogP contribution in [0, 0.1) is 0 Å². The van der Waals surface area contributed by atoms with Gasteiger partial charge in [-0.15, -0.1) is 0 Å². The SMILES string of the molecule is CC=CCc1ccc(S(=O)(=O)O)cc1.